The Morgan fingerprint density at radius 2 is 1.94 bits per heavy atom. The zero-order valence-electron chi connectivity index (χ0n) is 11.7. The number of rotatable bonds is 6. The summed E-state index contributed by atoms with van der Waals surface area (Å²) >= 11 is 0. The summed E-state index contributed by atoms with van der Waals surface area (Å²) in [5, 5.41) is 3.32. The Balaban J connectivity index is 3.06. The number of hydrogen-bond donors (Lipinski definition) is 1. The number of benzene rings is 1. The first kappa shape index (κ1) is 14.7. The highest BCUT2D eigenvalue weighted by molar-refractivity contribution is 5.71. The quantitative estimate of drug-likeness (QED) is 0.788. The fourth-order valence-corrected chi connectivity index (χ4v) is 2.34. The Bertz CT molecular complexity index is 375. The predicted molar refractivity (Wildman–Crippen MR) is 73.3 cm³/mol. The van der Waals surface area contributed by atoms with Crippen LogP contribution in [0.1, 0.15) is 32.8 Å². The molecule has 0 amide bonds. The maximum absolute atomic E-state index is 11.8. The van der Waals surface area contributed by atoms with Crippen LogP contribution in [0.3, 0.4) is 0 Å². The fraction of sp³-hybridized carbons (Fsp3) is 0.533. The molecular formula is C15H23NO2. The van der Waals surface area contributed by atoms with E-state index < -0.39 is 0 Å². The Morgan fingerprint density at radius 3 is 2.39 bits per heavy atom. The average Bonchev–Trinajstić information content (AvgIpc) is 2.37. The normalized spacial score (nSPS) is 14.3. The lowest BCUT2D eigenvalue weighted by Gasteiger charge is -2.37. The number of esters is 1. The van der Waals surface area contributed by atoms with Gasteiger partial charge in [-0.3, -0.25) is 4.79 Å². The van der Waals surface area contributed by atoms with Crippen LogP contribution < -0.4 is 5.32 Å². The summed E-state index contributed by atoms with van der Waals surface area (Å²) in [7, 11) is 1.90. The molecular weight excluding hydrogens is 226 g/mol. The largest absolute Gasteiger partial charge is 0.466 e. The molecule has 0 aliphatic carbocycles. The van der Waals surface area contributed by atoms with Crippen LogP contribution in [0.4, 0.5) is 0 Å². The predicted octanol–water partition coefficient (Wildman–Crippen LogP) is 2.71. The Labute approximate surface area is 110 Å². The van der Waals surface area contributed by atoms with Gasteiger partial charge in [0.2, 0.25) is 0 Å². The minimum atomic E-state index is -0.368. The van der Waals surface area contributed by atoms with Gasteiger partial charge in [0.15, 0.2) is 0 Å². The summed E-state index contributed by atoms with van der Waals surface area (Å²) in [4.78, 5) is 11.8. The van der Waals surface area contributed by atoms with Gasteiger partial charge in [-0.25, -0.2) is 0 Å². The van der Waals surface area contributed by atoms with Gasteiger partial charge in [0.25, 0.3) is 0 Å². The summed E-state index contributed by atoms with van der Waals surface area (Å²) in [6.45, 7) is 6.48. The molecule has 1 N–H and O–H groups in total. The molecule has 18 heavy (non-hydrogen) atoms. The van der Waals surface area contributed by atoms with Gasteiger partial charge in [0.05, 0.1) is 18.6 Å². The van der Waals surface area contributed by atoms with Crippen molar-refractivity contribution < 1.29 is 9.53 Å². The van der Waals surface area contributed by atoms with E-state index in [0.717, 1.165) is 5.56 Å². The van der Waals surface area contributed by atoms with Gasteiger partial charge in [0, 0.05) is 0 Å². The summed E-state index contributed by atoms with van der Waals surface area (Å²) < 4.78 is 5.09. The molecule has 1 unspecified atom stereocenters. The van der Waals surface area contributed by atoms with Crippen LogP contribution in [0.5, 0.6) is 0 Å². The van der Waals surface area contributed by atoms with Crippen molar-refractivity contribution in [3.8, 4) is 0 Å². The molecule has 3 nitrogen and oxygen atoms in total. The van der Waals surface area contributed by atoms with Crippen molar-refractivity contribution in [2.75, 3.05) is 13.7 Å². The SMILES string of the molecule is CCOC(=O)CC(NC)(c1ccccc1)C(C)C. The average molecular weight is 249 g/mol. The molecule has 0 bridgehead atoms. The molecule has 1 aromatic rings. The molecule has 1 atom stereocenters. The highest BCUT2D eigenvalue weighted by atomic mass is 16.5. The van der Waals surface area contributed by atoms with Crippen LogP contribution in [0, 0.1) is 5.92 Å². The van der Waals surface area contributed by atoms with Crippen molar-refractivity contribution in [2.24, 2.45) is 5.92 Å². The van der Waals surface area contributed by atoms with E-state index in [9.17, 15) is 4.79 Å². The molecule has 0 fully saturated rings. The maximum Gasteiger partial charge on any atom is 0.308 e. The van der Waals surface area contributed by atoms with Gasteiger partial charge in [-0.2, -0.15) is 0 Å². The number of carbonyl (C=O) groups excluding carboxylic acids is 1. The highest BCUT2D eigenvalue weighted by Gasteiger charge is 2.36. The molecule has 0 aromatic heterocycles. The van der Waals surface area contributed by atoms with E-state index >= 15 is 0 Å². The second-order valence-corrected chi connectivity index (χ2v) is 4.72. The summed E-state index contributed by atoms with van der Waals surface area (Å²) in [5.74, 6) is 0.124. The van der Waals surface area contributed by atoms with Crippen molar-refractivity contribution >= 4 is 5.97 Å². The van der Waals surface area contributed by atoms with Crippen LogP contribution in [-0.2, 0) is 15.1 Å². The van der Waals surface area contributed by atoms with Crippen LogP contribution in [0.2, 0.25) is 0 Å². The molecule has 0 saturated heterocycles. The highest BCUT2D eigenvalue weighted by Crippen LogP contribution is 2.33. The molecule has 0 aliphatic heterocycles. The van der Waals surface area contributed by atoms with E-state index in [1.165, 1.54) is 0 Å². The molecule has 0 aliphatic rings. The third-order valence-corrected chi connectivity index (χ3v) is 3.45. The van der Waals surface area contributed by atoms with Gasteiger partial charge in [-0.05, 0) is 25.5 Å². The van der Waals surface area contributed by atoms with E-state index in [1.807, 2.05) is 32.2 Å². The first-order valence-electron chi connectivity index (χ1n) is 6.47. The van der Waals surface area contributed by atoms with Crippen molar-refractivity contribution in [3.63, 3.8) is 0 Å². The standard InChI is InChI=1S/C15H23NO2/c1-5-18-14(17)11-15(16-4,12(2)3)13-9-7-6-8-10-13/h6-10,12,16H,5,11H2,1-4H3. The third-order valence-electron chi connectivity index (χ3n) is 3.45. The van der Waals surface area contributed by atoms with E-state index in [1.54, 1.807) is 0 Å². The van der Waals surface area contributed by atoms with Crippen LogP contribution >= 0.6 is 0 Å². The van der Waals surface area contributed by atoms with Gasteiger partial charge < -0.3 is 10.1 Å². The van der Waals surface area contributed by atoms with Crippen LogP contribution in [-0.4, -0.2) is 19.6 Å². The van der Waals surface area contributed by atoms with Gasteiger partial charge in [0.1, 0.15) is 0 Å². The molecule has 0 heterocycles. The second-order valence-electron chi connectivity index (χ2n) is 4.72. The third kappa shape index (κ3) is 3.10. The molecule has 0 saturated carbocycles. The van der Waals surface area contributed by atoms with Gasteiger partial charge in [-0.1, -0.05) is 44.2 Å². The maximum atomic E-state index is 11.8. The summed E-state index contributed by atoms with van der Waals surface area (Å²) in [6, 6.07) is 10.1. The van der Waals surface area contributed by atoms with Crippen molar-refractivity contribution in [1.82, 2.24) is 5.32 Å². The minimum absolute atomic E-state index is 0.163. The van der Waals surface area contributed by atoms with E-state index in [4.69, 9.17) is 4.74 Å². The molecule has 100 valence electrons. The molecule has 1 rings (SSSR count). The van der Waals surface area contributed by atoms with Crippen LogP contribution in [0.25, 0.3) is 0 Å². The number of ether oxygens (including phenoxy) is 1. The number of carbonyl (C=O) groups is 1. The molecule has 1 aromatic carbocycles. The monoisotopic (exact) mass is 249 g/mol. The van der Waals surface area contributed by atoms with E-state index in [2.05, 4.69) is 31.3 Å². The summed E-state index contributed by atoms with van der Waals surface area (Å²) in [5.41, 5.74) is 0.753. The lowest BCUT2D eigenvalue weighted by atomic mass is 9.77. The van der Waals surface area contributed by atoms with E-state index in [0.29, 0.717) is 13.0 Å². The van der Waals surface area contributed by atoms with Crippen LogP contribution in [0.15, 0.2) is 30.3 Å². The minimum Gasteiger partial charge on any atom is -0.466 e. The van der Waals surface area contributed by atoms with Crippen molar-refractivity contribution in [2.45, 2.75) is 32.7 Å². The first-order chi connectivity index (χ1) is 8.56. The van der Waals surface area contributed by atoms with E-state index in [-0.39, 0.29) is 17.4 Å². The smallest absolute Gasteiger partial charge is 0.308 e. The van der Waals surface area contributed by atoms with Crippen molar-refractivity contribution in [1.29, 1.82) is 0 Å². The Hall–Kier alpha value is -1.35. The zero-order valence-corrected chi connectivity index (χ0v) is 11.7. The first-order valence-corrected chi connectivity index (χ1v) is 6.47. The Kier molecular flexibility index (Phi) is 5.35. The fourth-order valence-electron chi connectivity index (χ4n) is 2.34. The zero-order chi connectivity index (χ0) is 13.6. The lowest BCUT2D eigenvalue weighted by Crippen LogP contribution is -2.46. The summed E-state index contributed by atoms with van der Waals surface area (Å²) in [6.07, 6.45) is 0.346. The number of hydrogen-bond acceptors (Lipinski definition) is 3. The topological polar surface area (TPSA) is 38.3 Å². The second kappa shape index (κ2) is 6.55. The lowest BCUT2D eigenvalue weighted by molar-refractivity contribution is -0.145. The van der Waals surface area contributed by atoms with Crippen molar-refractivity contribution in [3.05, 3.63) is 35.9 Å². The van der Waals surface area contributed by atoms with Gasteiger partial charge >= 0.3 is 5.97 Å². The van der Waals surface area contributed by atoms with Gasteiger partial charge in [-0.15, -0.1) is 0 Å². The molecule has 0 spiro atoms. The number of nitrogens with one attached hydrogen (secondary N) is 1. The molecule has 3 heteroatoms. The Morgan fingerprint density at radius 1 is 1.33 bits per heavy atom. The molecule has 0 radical (unpaired) electrons.